The van der Waals surface area contributed by atoms with E-state index in [-0.39, 0.29) is 52.7 Å². The van der Waals surface area contributed by atoms with Gasteiger partial charge in [0.25, 0.3) is 5.91 Å². The van der Waals surface area contributed by atoms with E-state index < -0.39 is 0 Å². The maximum absolute atomic E-state index is 12.7. The number of rotatable bonds is 8. The van der Waals surface area contributed by atoms with Crippen molar-refractivity contribution in [2.75, 3.05) is 32.7 Å². The van der Waals surface area contributed by atoms with Gasteiger partial charge in [0.15, 0.2) is 5.96 Å². The Labute approximate surface area is 187 Å². The van der Waals surface area contributed by atoms with E-state index in [1.165, 1.54) is 11.0 Å². The van der Waals surface area contributed by atoms with Crippen LogP contribution < -0.4 is 16.0 Å². The fourth-order valence-electron chi connectivity index (χ4n) is 4.91. The van der Waals surface area contributed by atoms with Crippen molar-refractivity contribution in [2.45, 2.75) is 13.3 Å². The maximum Gasteiger partial charge on any atom is 0.255 e. The Kier molecular flexibility index (Phi) is 6.43. The van der Waals surface area contributed by atoms with E-state index in [1.807, 2.05) is 6.92 Å². The molecule has 2 fully saturated rings. The first-order chi connectivity index (χ1) is 15.5. The van der Waals surface area contributed by atoms with Crippen molar-refractivity contribution in [2.24, 2.45) is 28.7 Å². The number of phenols is 1. The second-order valence-electron chi connectivity index (χ2n) is 8.29. The number of likely N-dealkylation sites (tertiary alicyclic amines) is 1. The highest BCUT2D eigenvalue weighted by atomic mass is 16.3. The summed E-state index contributed by atoms with van der Waals surface area (Å²) in [6, 6.07) is 6.35. The van der Waals surface area contributed by atoms with E-state index in [0.717, 1.165) is 6.42 Å². The first kappa shape index (κ1) is 21.9. The zero-order valence-corrected chi connectivity index (χ0v) is 18.1. The lowest BCUT2D eigenvalue weighted by Gasteiger charge is -2.18. The second-order valence-corrected chi connectivity index (χ2v) is 8.29. The lowest BCUT2D eigenvalue weighted by Crippen LogP contribution is -2.44. The molecule has 1 aliphatic heterocycles. The predicted molar refractivity (Wildman–Crippen MR) is 119 cm³/mol. The molecule has 9 heteroatoms. The summed E-state index contributed by atoms with van der Waals surface area (Å²) in [5, 5.41) is 18.7. The maximum atomic E-state index is 12.7. The van der Waals surface area contributed by atoms with Crippen LogP contribution in [0, 0.1) is 23.7 Å². The number of imide groups is 1. The molecule has 1 saturated heterocycles. The number of phenolic OH excluding ortho intramolecular Hbond substituents is 1. The number of aliphatic imine (C=N–C) groups is 1. The standard InChI is InChI=1S/C23H29N5O4/c1-2-24-23(26-10-9-25-20(30)16-5-3-4-6-17(16)29)27-11-12-28-21(31)18-14-7-8-15(13-14)19(18)22(28)32/h3-8,14-15,18-19,29H,2,9-13H2,1H3,(H,25,30)(H2,24,26,27). The van der Waals surface area contributed by atoms with E-state index in [4.69, 9.17) is 0 Å². The molecule has 2 bridgehead atoms. The van der Waals surface area contributed by atoms with Gasteiger partial charge in [0.1, 0.15) is 5.75 Å². The third-order valence-corrected chi connectivity index (χ3v) is 6.35. The van der Waals surface area contributed by atoms with Crippen molar-refractivity contribution < 1.29 is 19.5 Å². The van der Waals surface area contributed by atoms with Crippen molar-refractivity contribution in [3.8, 4) is 5.75 Å². The molecule has 3 aliphatic rings. The molecule has 1 heterocycles. The van der Waals surface area contributed by atoms with Crippen LogP contribution in [-0.2, 0) is 9.59 Å². The van der Waals surface area contributed by atoms with Crippen LogP contribution in [0.15, 0.2) is 41.4 Å². The van der Waals surface area contributed by atoms with E-state index in [9.17, 15) is 19.5 Å². The fraction of sp³-hybridized carbons (Fsp3) is 0.478. The summed E-state index contributed by atoms with van der Waals surface area (Å²) in [5.74, 6) is 0.0979. The quantitative estimate of drug-likeness (QED) is 0.154. The highest BCUT2D eigenvalue weighted by molar-refractivity contribution is 6.06. The highest BCUT2D eigenvalue weighted by Gasteiger charge is 2.58. The molecule has 3 amide bonds. The Balaban J connectivity index is 1.24. The van der Waals surface area contributed by atoms with Crippen molar-refractivity contribution >= 4 is 23.7 Å². The van der Waals surface area contributed by atoms with Gasteiger partial charge in [-0.2, -0.15) is 0 Å². The first-order valence-corrected chi connectivity index (χ1v) is 11.1. The zero-order valence-electron chi connectivity index (χ0n) is 18.1. The van der Waals surface area contributed by atoms with Gasteiger partial charge in [-0.3, -0.25) is 24.3 Å². The largest absolute Gasteiger partial charge is 0.507 e. The minimum Gasteiger partial charge on any atom is -0.507 e. The van der Waals surface area contributed by atoms with Crippen molar-refractivity contribution in [3.05, 3.63) is 42.0 Å². The zero-order chi connectivity index (χ0) is 22.7. The topological polar surface area (TPSA) is 123 Å². The molecule has 4 N–H and O–H groups in total. The summed E-state index contributed by atoms with van der Waals surface area (Å²) in [4.78, 5) is 43.4. The normalized spacial score (nSPS) is 25.9. The molecule has 0 radical (unpaired) electrons. The van der Waals surface area contributed by atoms with Gasteiger partial charge >= 0.3 is 0 Å². The summed E-state index contributed by atoms with van der Waals surface area (Å²) in [6.07, 6.45) is 5.11. The monoisotopic (exact) mass is 439 g/mol. The lowest BCUT2D eigenvalue weighted by molar-refractivity contribution is -0.140. The van der Waals surface area contributed by atoms with E-state index in [0.29, 0.717) is 38.7 Å². The predicted octanol–water partition coefficient (Wildman–Crippen LogP) is 0.484. The van der Waals surface area contributed by atoms with E-state index in [1.54, 1.807) is 18.2 Å². The van der Waals surface area contributed by atoms with Crippen molar-refractivity contribution in [1.29, 1.82) is 0 Å². The third kappa shape index (κ3) is 4.19. The summed E-state index contributed by atoms with van der Waals surface area (Å²) in [7, 11) is 0. The molecule has 4 rings (SSSR count). The summed E-state index contributed by atoms with van der Waals surface area (Å²) >= 11 is 0. The molecule has 9 nitrogen and oxygen atoms in total. The number of nitrogens with zero attached hydrogens (tertiary/aromatic N) is 2. The Bertz CT molecular complexity index is 929. The van der Waals surface area contributed by atoms with Gasteiger partial charge < -0.3 is 21.1 Å². The van der Waals surface area contributed by atoms with Gasteiger partial charge in [-0.1, -0.05) is 24.3 Å². The molecule has 1 aromatic carbocycles. The van der Waals surface area contributed by atoms with Gasteiger partial charge in [0.05, 0.1) is 23.9 Å². The summed E-state index contributed by atoms with van der Waals surface area (Å²) < 4.78 is 0. The molecule has 4 unspecified atom stereocenters. The second kappa shape index (κ2) is 9.42. The molecular formula is C23H29N5O4. The van der Waals surface area contributed by atoms with Crippen molar-refractivity contribution in [1.82, 2.24) is 20.9 Å². The summed E-state index contributed by atoms with van der Waals surface area (Å²) in [5.41, 5.74) is 0.217. The smallest absolute Gasteiger partial charge is 0.255 e. The molecule has 1 saturated carbocycles. The summed E-state index contributed by atoms with van der Waals surface area (Å²) in [6.45, 7) is 3.92. The Morgan fingerprint density at radius 3 is 2.41 bits per heavy atom. The molecule has 0 spiro atoms. The average Bonchev–Trinajstić information content (AvgIpc) is 3.46. The number of guanidine groups is 1. The number of fused-ring (bicyclic) bond motifs is 5. The average molecular weight is 440 g/mol. The molecular weight excluding hydrogens is 410 g/mol. The number of nitrogens with one attached hydrogen (secondary N) is 3. The van der Waals surface area contributed by atoms with Crippen LogP contribution in [-0.4, -0.2) is 66.4 Å². The van der Waals surface area contributed by atoms with Crippen LogP contribution in [0.2, 0.25) is 0 Å². The number of carbonyl (C=O) groups is 3. The molecule has 0 aromatic heterocycles. The third-order valence-electron chi connectivity index (χ3n) is 6.35. The fourth-order valence-corrected chi connectivity index (χ4v) is 4.91. The number of hydrogen-bond acceptors (Lipinski definition) is 5. The van der Waals surface area contributed by atoms with E-state index in [2.05, 4.69) is 33.1 Å². The number of amides is 3. The lowest BCUT2D eigenvalue weighted by atomic mass is 9.85. The van der Waals surface area contributed by atoms with E-state index >= 15 is 0 Å². The van der Waals surface area contributed by atoms with Gasteiger partial charge in [-0.15, -0.1) is 0 Å². The molecule has 4 atom stereocenters. The first-order valence-electron chi connectivity index (χ1n) is 11.1. The Morgan fingerprint density at radius 2 is 1.75 bits per heavy atom. The van der Waals surface area contributed by atoms with Crippen LogP contribution in [0.4, 0.5) is 0 Å². The minimum absolute atomic E-state index is 0.0486. The van der Waals surface area contributed by atoms with Gasteiger partial charge in [-0.25, -0.2) is 0 Å². The number of benzene rings is 1. The van der Waals surface area contributed by atoms with Crippen LogP contribution in [0.25, 0.3) is 0 Å². The van der Waals surface area contributed by atoms with Crippen LogP contribution >= 0.6 is 0 Å². The Hall–Kier alpha value is -3.36. The molecule has 2 aliphatic carbocycles. The van der Waals surface area contributed by atoms with Crippen LogP contribution in [0.1, 0.15) is 23.7 Å². The van der Waals surface area contributed by atoms with Crippen LogP contribution in [0.5, 0.6) is 5.75 Å². The Morgan fingerprint density at radius 1 is 1.06 bits per heavy atom. The highest BCUT2D eigenvalue weighted by Crippen LogP contribution is 2.52. The van der Waals surface area contributed by atoms with Crippen molar-refractivity contribution in [3.63, 3.8) is 0 Å². The number of allylic oxidation sites excluding steroid dienone is 2. The number of carbonyl (C=O) groups excluding carboxylic acids is 3. The van der Waals surface area contributed by atoms with Gasteiger partial charge in [-0.05, 0) is 37.3 Å². The SMILES string of the molecule is CCNC(=NCCNC(=O)c1ccccc1O)NCCN1C(=O)C2C3C=CC(C3)C2C1=O. The minimum atomic E-state index is -0.365. The van der Waals surface area contributed by atoms with Gasteiger partial charge in [0, 0.05) is 26.2 Å². The number of aromatic hydroxyl groups is 1. The van der Waals surface area contributed by atoms with Gasteiger partial charge in [0.2, 0.25) is 11.8 Å². The molecule has 32 heavy (non-hydrogen) atoms. The van der Waals surface area contributed by atoms with Crippen LogP contribution in [0.3, 0.4) is 0 Å². The molecule has 1 aromatic rings. The molecule has 170 valence electrons. The number of hydrogen-bond donors (Lipinski definition) is 4. The number of para-hydroxylation sites is 1.